The van der Waals surface area contributed by atoms with Crippen LogP contribution < -0.4 is 21.1 Å². The van der Waals surface area contributed by atoms with E-state index in [0.717, 1.165) is 37.8 Å². The largest absolute Gasteiger partial charge is 0.369 e. The zero-order valence-electron chi connectivity index (χ0n) is 16.8. The van der Waals surface area contributed by atoms with Gasteiger partial charge in [0.2, 0.25) is 5.91 Å². The van der Waals surface area contributed by atoms with Gasteiger partial charge in [-0.3, -0.25) is 15.1 Å². The van der Waals surface area contributed by atoms with Crippen molar-refractivity contribution in [2.24, 2.45) is 11.8 Å². The lowest BCUT2D eigenvalue weighted by molar-refractivity contribution is -0.117. The number of carbonyl (C=O) groups is 1. The van der Waals surface area contributed by atoms with Crippen LogP contribution in [0, 0.1) is 11.8 Å². The van der Waals surface area contributed by atoms with Gasteiger partial charge in [-0.05, 0) is 42.9 Å². The lowest BCUT2D eigenvalue weighted by atomic mass is 9.99. The highest BCUT2D eigenvalue weighted by molar-refractivity contribution is 9.09. The monoisotopic (exact) mass is 449 g/mol. The summed E-state index contributed by atoms with van der Waals surface area (Å²) in [5, 5.41) is 3.09. The molecule has 1 saturated carbocycles. The van der Waals surface area contributed by atoms with Crippen molar-refractivity contribution in [3.05, 3.63) is 24.3 Å². The molecular weight excluding hydrogens is 418 g/mol. The fraction of sp³-hybridized carbons (Fsp3) is 0.667. The number of hydrogen-bond donors (Lipinski definition) is 3. The van der Waals surface area contributed by atoms with Gasteiger partial charge in [-0.2, -0.15) is 0 Å². The third kappa shape index (κ3) is 4.70. The highest BCUT2D eigenvalue weighted by atomic mass is 79.9. The predicted molar refractivity (Wildman–Crippen MR) is 118 cm³/mol. The number of amides is 1. The van der Waals surface area contributed by atoms with Crippen LogP contribution in [0.4, 0.5) is 11.4 Å². The Morgan fingerprint density at radius 2 is 1.96 bits per heavy atom. The van der Waals surface area contributed by atoms with Gasteiger partial charge >= 0.3 is 0 Å². The number of rotatable bonds is 6. The van der Waals surface area contributed by atoms with Gasteiger partial charge in [-0.15, -0.1) is 0 Å². The molecule has 1 aliphatic carbocycles. The Bertz CT molecular complexity index is 687. The molecule has 28 heavy (non-hydrogen) atoms. The van der Waals surface area contributed by atoms with Crippen LogP contribution in [0.5, 0.6) is 0 Å². The summed E-state index contributed by atoms with van der Waals surface area (Å²) < 4.78 is 0. The molecule has 1 aromatic carbocycles. The molecule has 3 atom stereocenters. The number of anilines is 2. The molecule has 0 spiro atoms. The highest BCUT2D eigenvalue weighted by Crippen LogP contribution is 2.30. The van der Waals surface area contributed by atoms with Gasteiger partial charge in [0.1, 0.15) is 6.04 Å². The number of benzene rings is 1. The van der Waals surface area contributed by atoms with Crippen LogP contribution in [0.1, 0.15) is 26.7 Å². The van der Waals surface area contributed by atoms with E-state index >= 15 is 0 Å². The smallest absolute Gasteiger partial charge is 0.244 e. The SMILES string of the molecule is CC(C)C1NNC(C(=O)Nc2cccc(N3CCN(CC4CC4)CC3)c2)C1Br. The fourth-order valence-electron chi connectivity index (χ4n) is 4.15. The predicted octanol–water partition coefficient (Wildman–Crippen LogP) is 2.42. The van der Waals surface area contributed by atoms with Crippen LogP contribution in [0.25, 0.3) is 0 Å². The normalized spacial score (nSPS) is 28.7. The number of hydrazine groups is 1. The van der Waals surface area contributed by atoms with Crippen molar-refractivity contribution in [2.45, 2.75) is 43.6 Å². The lowest BCUT2D eigenvalue weighted by Crippen LogP contribution is -2.47. The molecule has 1 aromatic rings. The summed E-state index contributed by atoms with van der Waals surface area (Å²) in [6, 6.07) is 8.18. The van der Waals surface area contributed by atoms with Crippen LogP contribution in [-0.4, -0.2) is 60.4 Å². The quantitative estimate of drug-likeness (QED) is 0.582. The molecule has 3 fully saturated rings. The van der Waals surface area contributed by atoms with Crippen LogP contribution in [0.3, 0.4) is 0 Å². The minimum Gasteiger partial charge on any atom is -0.369 e. The van der Waals surface area contributed by atoms with E-state index in [1.54, 1.807) is 0 Å². The van der Waals surface area contributed by atoms with Gasteiger partial charge < -0.3 is 10.2 Å². The second-order valence-electron chi connectivity index (χ2n) is 8.75. The number of nitrogens with one attached hydrogen (secondary N) is 3. The molecule has 0 bridgehead atoms. The molecule has 2 heterocycles. The Morgan fingerprint density at radius 1 is 1.21 bits per heavy atom. The Hall–Kier alpha value is -1.15. The standard InChI is InChI=1S/C21H32BrN5O/c1-14(2)19-18(22)20(25-24-19)21(28)23-16-4-3-5-17(12-16)27-10-8-26(9-11-27)13-15-6-7-15/h3-5,12,14-15,18-20,24-25H,6-11,13H2,1-2H3,(H,23,28). The van der Waals surface area contributed by atoms with Crippen molar-refractivity contribution in [3.8, 4) is 0 Å². The van der Waals surface area contributed by atoms with E-state index in [-0.39, 0.29) is 22.8 Å². The van der Waals surface area contributed by atoms with Crippen LogP contribution >= 0.6 is 15.9 Å². The molecule has 4 rings (SSSR count). The van der Waals surface area contributed by atoms with E-state index < -0.39 is 0 Å². The van der Waals surface area contributed by atoms with Crippen molar-refractivity contribution in [1.82, 2.24) is 15.8 Å². The number of hydrogen-bond acceptors (Lipinski definition) is 5. The highest BCUT2D eigenvalue weighted by Gasteiger charge is 2.39. The average molecular weight is 450 g/mol. The van der Waals surface area contributed by atoms with E-state index in [1.165, 1.54) is 25.1 Å². The number of alkyl halides is 1. The van der Waals surface area contributed by atoms with Gasteiger partial charge in [-0.1, -0.05) is 35.8 Å². The Labute approximate surface area is 176 Å². The second kappa shape index (κ2) is 8.69. The molecule has 3 N–H and O–H groups in total. The third-order valence-electron chi connectivity index (χ3n) is 6.13. The molecule has 1 amide bonds. The van der Waals surface area contributed by atoms with E-state index in [4.69, 9.17) is 0 Å². The summed E-state index contributed by atoms with van der Waals surface area (Å²) in [4.78, 5) is 17.9. The fourth-order valence-corrected chi connectivity index (χ4v) is 5.27. The van der Waals surface area contributed by atoms with Crippen molar-refractivity contribution >= 4 is 33.2 Å². The molecule has 2 saturated heterocycles. The van der Waals surface area contributed by atoms with E-state index in [0.29, 0.717) is 5.92 Å². The molecule has 3 unspecified atom stereocenters. The molecule has 3 aliphatic rings. The third-order valence-corrected chi connectivity index (χ3v) is 7.23. The first-order chi connectivity index (χ1) is 13.5. The maximum atomic E-state index is 12.8. The van der Waals surface area contributed by atoms with Gasteiger partial charge in [-0.25, -0.2) is 5.43 Å². The first-order valence-corrected chi connectivity index (χ1v) is 11.5. The number of piperazine rings is 1. The summed E-state index contributed by atoms with van der Waals surface area (Å²) in [5.41, 5.74) is 8.42. The topological polar surface area (TPSA) is 59.6 Å². The van der Waals surface area contributed by atoms with Gasteiger partial charge in [0.15, 0.2) is 0 Å². The first kappa shape index (κ1) is 20.1. The maximum Gasteiger partial charge on any atom is 0.244 e. The van der Waals surface area contributed by atoms with E-state index in [9.17, 15) is 4.79 Å². The molecular formula is C21H32BrN5O. The summed E-state index contributed by atoms with van der Waals surface area (Å²) in [5.74, 6) is 1.39. The zero-order valence-corrected chi connectivity index (χ0v) is 18.4. The van der Waals surface area contributed by atoms with Crippen LogP contribution in [0.15, 0.2) is 24.3 Å². The Morgan fingerprint density at radius 3 is 2.61 bits per heavy atom. The molecule has 6 nitrogen and oxygen atoms in total. The average Bonchev–Trinajstić information content (AvgIpc) is 3.40. The second-order valence-corrected chi connectivity index (χ2v) is 9.81. The number of nitrogens with zero attached hydrogens (tertiary/aromatic N) is 2. The molecule has 2 aliphatic heterocycles. The Kier molecular flexibility index (Phi) is 6.25. The maximum absolute atomic E-state index is 12.8. The van der Waals surface area contributed by atoms with Crippen molar-refractivity contribution in [3.63, 3.8) is 0 Å². The van der Waals surface area contributed by atoms with Crippen molar-refractivity contribution in [2.75, 3.05) is 42.9 Å². The van der Waals surface area contributed by atoms with Gasteiger partial charge in [0, 0.05) is 50.1 Å². The molecule has 154 valence electrons. The lowest BCUT2D eigenvalue weighted by Gasteiger charge is -2.36. The first-order valence-electron chi connectivity index (χ1n) is 10.5. The number of carbonyl (C=O) groups excluding carboxylic acids is 1. The molecule has 7 heteroatoms. The zero-order chi connectivity index (χ0) is 19.7. The minimum atomic E-state index is -0.290. The summed E-state index contributed by atoms with van der Waals surface area (Å²) in [7, 11) is 0. The van der Waals surface area contributed by atoms with E-state index in [2.05, 4.69) is 67.9 Å². The van der Waals surface area contributed by atoms with E-state index in [1.807, 2.05) is 12.1 Å². The minimum absolute atomic E-state index is 0.0103. The van der Waals surface area contributed by atoms with Gasteiger partial charge in [0.05, 0.1) is 4.83 Å². The summed E-state index contributed by atoms with van der Waals surface area (Å²) in [6.07, 6.45) is 2.83. The van der Waals surface area contributed by atoms with Crippen LogP contribution in [-0.2, 0) is 4.79 Å². The van der Waals surface area contributed by atoms with Crippen molar-refractivity contribution in [1.29, 1.82) is 0 Å². The molecule has 0 aromatic heterocycles. The van der Waals surface area contributed by atoms with Crippen molar-refractivity contribution < 1.29 is 4.79 Å². The number of halogens is 1. The summed E-state index contributed by atoms with van der Waals surface area (Å²) in [6.45, 7) is 9.95. The molecule has 0 radical (unpaired) electrons. The summed E-state index contributed by atoms with van der Waals surface area (Å²) >= 11 is 3.69. The van der Waals surface area contributed by atoms with Gasteiger partial charge in [0.25, 0.3) is 0 Å². The Balaban J connectivity index is 1.33. The van der Waals surface area contributed by atoms with Crippen LogP contribution in [0.2, 0.25) is 0 Å².